The van der Waals surface area contributed by atoms with Gasteiger partial charge in [-0.2, -0.15) is 13.2 Å². The van der Waals surface area contributed by atoms with E-state index < -0.39 is 41.4 Å². The number of alkyl halides is 3. The van der Waals surface area contributed by atoms with Crippen LogP contribution in [0.5, 0.6) is 0 Å². The number of fused-ring (bicyclic) bond motifs is 1. The minimum atomic E-state index is -4.63. The van der Waals surface area contributed by atoms with Crippen molar-refractivity contribution in [1.82, 2.24) is 14.5 Å². The Labute approximate surface area is 174 Å². The SMILES string of the molecule is CN(C)c1nc(C(F)(F)F)n2c1CN(C(=O)CC(N)Cc1cc(F)c(F)cc1F)CC2. The molecule has 1 amide bonds. The summed E-state index contributed by atoms with van der Waals surface area (Å²) in [6, 6.07) is 0.209. The normalized spacial score (nSPS) is 15.1. The highest BCUT2D eigenvalue weighted by Crippen LogP contribution is 2.35. The molecule has 0 bridgehead atoms. The van der Waals surface area contributed by atoms with Crippen molar-refractivity contribution in [1.29, 1.82) is 0 Å². The average Bonchev–Trinajstić information content (AvgIpc) is 3.05. The molecule has 0 radical (unpaired) electrons. The number of benzene rings is 1. The molecule has 2 aromatic rings. The van der Waals surface area contributed by atoms with Crippen molar-refractivity contribution < 1.29 is 31.1 Å². The summed E-state index contributed by atoms with van der Waals surface area (Å²) in [7, 11) is 3.10. The average molecular weight is 449 g/mol. The molecule has 12 heteroatoms. The van der Waals surface area contributed by atoms with Crippen molar-refractivity contribution in [3.63, 3.8) is 0 Å². The number of hydrogen-bond donors (Lipinski definition) is 1. The van der Waals surface area contributed by atoms with E-state index in [4.69, 9.17) is 5.73 Å². The second kappa shape index (κ2) is 8.40. The highest BCUT2D eigenvalue weighted by molar-refractivity contribution is 5.77. The minimum absolute atomic E-state index is 0.0183. The number of hydrogen-bond acceptors (Lipinski definition) is 4. The number of imidazole rings is 1. The highest BCUT2D eigenvalue weighted by atomic mass is 19.4. The maximum Gasteiger partial charge on any atom is 0.449 e. The van der Waals surface area contributed by atoms with Gasteiger partial charge in [-0.05, 0) is 18.1 Å². The van der Waals surface area contributed by atoms with Gasteiger partial charge in [0.1, 0.15) is 5.82 Å². The number of nitrogens with two attached hydrogens (primary N) is 1. The third-order valence-electron chi connectivity index (χ3n) is 5.02. The molecule has 1 aromatic carbocycles. The summed E-state index contributed by atoms with van der Waals surface area (Å²) >= 11 is 0. The van der Waals surface area contributed by atoms with Gasteiger partial charge in [-0.25, -0.2) is 18.2 Å². The largest absolute Gasteiger partial charge is 0.449 e. The minimum Gasteiger partial charge on any atom is -0.361 e. The van der Waals surface area contributed by atoms with Crippen molar-refractivity contribution in [3.05, 3.63) is 46.7 Å². The van der Waals surface area contributed by atoms with E-state index in [2.05, 4.69) is 4.98 Å². The number of amides is 1. The fourth-order valence-electron chi connectivity index (χ4n) is 3.57. The van der Waals surface area contributed by atoms with Crippen LogP contribution in [0.4, 0.5) is 32.2 Å². The number of anilines is 1. The van der Waals surface area contributed by atoms with Gasteiger partial charge in [0.15, 0.2) is 17.5 Å². The number of carbonyl (C=O) groups is 1. The first-order valence-electron chi connectivity index (χ1n) is 9.39. The first kappa shape index (κ1) is 22.9. The van der Waals surface area contributed by atoms with Gasteiger partial charge >= 0.3 is 6.18 Å². The van der Waals surface area contributed by atoms with Crippen LogP contribution in [0, 0.1) is 17.5 Å². The van der Waals surface area contributed by atoms with Gasteiger partial charge in [-0.3, -0.25) is 4.79 Å². The summed E-state index contributed by atoms with van der Waals surface area (Å²) in [5.74, 6) is -4.89. The quantitative estimate of drug-likeness (QED) is 0.563. The summed E-state index contributed by atoms with van der Waals surface area (Å²) in [6.45, 7) is -0.171. The third-order valence-corrected chi connectivity index (χ3v) is 5.02. The predicted octanol–water partition coefficient (Wildman–Crippen LogP) is 2.69. The molecule has 0 spiro atoms. The molecule has 170 valence electrons. The summed E-state index contributed by atoms with van der Waals surface area (Å²) in [5, 5.41) is 0. The maximum absolute atomic E-state index is 13.8. The second-order valence-corrected chi connectivity index (χ2v) is 7.59. The van der Waals surface area contributed by atoms with E-state index in [1.165, 1.54) is 9.80 Å². The van der Waals surface area contributed by atoms with Gasteiger partial charge in [0.2, 0.25) is 11.7 Å². The van der Waals surface area contributed by atoms with Crippen LogP contribution < -0.4 is 10.6 Å². The Morgan fingerprint density at radius 1 is 1.16 bits per heavy atom. The molecule has 2 heterocycles. The van der Waals surface area contributed by atoms with Crippen LogP contribution in [0.25, 0.3) is 0 Å². The number of rotatable bonds is 5. The maximum atomic E-state index is 13.8. The first-order valence-corrected chi connectivity index (χ1v) is 9.39. The molecule has 3 rings (SSSR count). The molecule has 2 N–H and O–H groups in total. The Morgan fingerprint density at radius 2 is 1.81 bits per heavy atom. The van der Waals surface area contributed by atoms with Gasteiger partial charge in [0.25, 0.3) is 0 Å². The van der Waals surface area contributed by atoms with Crippen LogP contribution in [0.3, 0.4) is 0 Å². The monoisotopic (exact) mass is 449 g/mol. The lowest BCUT2D eigenvalue weighted by Crippen LogP contribution is -2.42. The number of halogens is 6. The van der Waals surface area contributed by atoms with Crippen molar-refractivity contribution >= 4 is 11.7 Å². The van der Waals surface area contributed by atoms with Gasteiger partial charge in [0, 0.05) is 45.7 Å². The summed E-state index contributed by atoms with van der Waals surface area (Å²) in [4.78, 5) is 19.1. The number of aromatic nitrogens is 2. The molecule has 1 atom stereocenters. The smallest absolute Gasteiger partial charge is 0.361 e. The molecule has 0 fully saturated rings. The molecular formula is C19H21F6N5O. The molecule has 1 unspecified atom stereocenters. The van der Waals surface area contributed by atoms with E-state index >= 15 is 0 Å². The predicted molar refractivity (Wildman–Crippen MR) is 99.6 cm³/mol. The van der Waals surface area contributed by atoms with Crippen molar-refractivity contribution in [3.8, 4) is 0 Å². The zero-order valence-electron chi connectivity index (χ0n) is 16.8. The number of carbonyl (C=O) groups excluding carboxylic acids is 1. The molecule has 1 aromatic heterocycles. The van der Waals surface area contributed by atoms with E-state index in [0.717, 1.165) is 4.57 Å². The van der Waals surface area contributed by atoms with Crippen LogP contribution in [-0.4, -0.2) is 47.0 Å². The number of nitrogens with zero attached hydrogens (tertiary/aromatic N) is 4. The standard InChI is InChI=1S/C19H21F6N5O/c1-28(2)17-15-9-29(3-4-30(15)18(27-17)19(23,24)25)16(31)7-11(26)5-10-6-13(21)14(22)8-12(10)20/h6,8,11H,3-5,7,9,26H2,1-2H3. The fourth-order valence-corrected chi connectivity index (χ4v) is 3.57. The van der Waals surface area contributed by atoms with Crippen LogP contribution in [0.15, 0.2) is 12.1 Å². The zero-order valence-corrected chi connectivity index (χ0v) is 16.8. The molecule has 0 saturated carbocycles. The Bertz CT molecular complexity index is 987. The Hall–Kier alpha value is -2.76. The van der Waals surface area contributed by atoms with E-state index in [-0.39, 0.29) is 49.6 Å². The molecule has 1 aliphatic heterocycles. The Kier molecular flexibility index (Phi) is 6.21. The van der Waals surface area contributed by atoms with Crippen molar-refractivity contribution in [2.24, 2.45) is 5.73 Å². The van der Waals surface area contributed by atoms with Gasteiger partial charge < -0.3 is 20.1 Å². The first-order chi connectivity index (χ1) is 14.4. The third kappa shape index (κ3) is 4.78. The Morgan fingerprint density at radius 3 is 2.42 bits per heavy atom. The van der Waals surface area contributed by atoms with Crippen LogP contribution in [0.2, 0.25) is 0 Å². The molecule has 0 saturated heterocycles. The lowest BCUT2D eigenvalue weighted by Gasteiger charge is -2.31. The van der Waals surface area contributed by atoms with E-state index in [1.807, 2.05) is 0 Å². The lowest BCUT2D eigenvalue weighted by atomic mass is 10.0. The van der Waals surface area contributed by atoms with Crippen LogP contribution in [0.1, 0.15) is 23.5 Å². The van der Waals surface area contributed by atoms with Crippen LogP contribution >= 0.6 is 0 Å². The molecule has 1 aliphatic rings. The summed E-state index contributed by atoms with van der Waals surface area (Å²) in [5.41, 5.74) is 5.98. The molecule has 6 nitrogen and oxygen atoms in total. The van der Waals surface area contributed by atoms with Crippen molar-refractivity contribution in [2.45, 2.75) is 38.1 Å². The Balaban J connectivity index is 1.72. The highest BCUT2D eigenvalue weighted by Gasteiger charge is 2.41. The van der Waals surface area contributed by atoms with E-state index in [0.29, 0.717) is 12.1 Å². The topological polar surface area (TPSA) is 67.4 Å². The molecule has 31 heavy (non-hydrogen) atoms. The summed E-state index contributed by atoms with van der Waals surface area (Å²) in [6.07, 6.45) is -5.08. The van der Waals surface area contributed by atoms with E-state index in [1.54, 1.807) is 14.1 Å². The van der Waals surface area contributed by atoms with Gasteiger partial charge in [-0.1, -0.05) is 0 Å². The van der Waals surface area contributed by atoms with E-state index in [9.17, 15) is 31.1 Å². The second-order valence-electron chi connectivity index (χ2n) is 7.59. The zero-order chi connectivity index (χ0) is 23.1. The molecule has 0 aliphatic carbocycles. The fraction of sp³-hybridized carbons (Fsp3) is 0.474. The lowest BCUT2D eigenvalue weighted by molar-refractivity contribution is -0.148. The van der Waals surface area contributed by atoms with Gasteiger partial charge in [0.05, 0.1) is 12.2 Å². The van der Waals surface area contributed by atoms with Crippen molar-refractivity contribution in [2.75, 3.05) is 25.5 Å². The molecular weight excluding hydrogens is 428 g/mol. The van der Waals surface area contributed by atoms with Gasteiger partial charge in [-0.15, -0.1) is 0 Å². The summed E-state index contributed by atoms with van der Waals surface area (Å²) < 4.78 is 81.1. The van der Waals surface area contributed by atoms with Crippen LogP contribution in [-0.2, 0) is 30.5 Å².